The molecule has 5 nitrogen and oxygen atoms in total. The number of hydrogen-bond acceptors (Lipinski definition) is 2. The summed E-state index contributed by atoms with van der Waals surface area (Å²) in [5.41, 5.74) is 4.81. The average molecular weight is 322 g/mol. The van der Waals surface area contributed by atoms with Crippen molar-refractivity contribution in [3.63, 3.8) is 0 Å². The van der Waals surface area contributed by atoms with E-state index in [2.05, 4.69) is 5.10 Å². The minimum Gasteiger partial charge on any atom is -0.347 e. The zero-order valence-electron chi connectivity index (χ0n) is 14.5. The Morgan fingerprint density at radius 3 is 2.46 bits per heavy atom. The fourth-order valence-corrected chi connectivity index (χ4v) is 2.91. The zero-order valence-corrected chi connectivity index (χ0v) is 14.5. The Bertz CT molecular complexity index is 861. The van der Waals surface area contributed by atoms with Gasteiger partial charge in [-0.05, 0) is 38.1 Å². The number of benzene rings is 1. The van der Waals surface area contributed by atoms with Gasteiger partial charge in [-0.2, -0.15) is 5.10 Å². The van der Waals surface area contributed by atoms with Gasteiger partial charge in [-0.15, -0.1) is 0 Å². The van der Waals surface area contributed by atoms with E-state index < -0.39 is 0 Å². The third-order valence-corrected chi connectivity index (χ3v) is 4.35. The maximum absolute atomic E-state index is 12.6. The molecule has 0 bridgehead atoms. The summed E-state index contributed by atoms with van der Waals surface area (Å²) in [6.45, 7) is 4.57. The molecule has 0 unspecified atom stereocenters. The Morgan fingerprint density at radius 2 is 1.83 bits per heavy atom. The highest BCUT2D eigenvalue weighted by atomic mass is 16.2. The number of hydrogen-bond donors (Lipinski definition) is 0. The van der Waals surface area contributed by atoms with Gasteiger partial charge in [0.05, 0.1) is 11.4 Å². The van der Waals surface area contributed by atoms with Crippen LogP contribution >= 0.6 is 0 Å². The lowest BCUT2D eigenvalue weighted by Crippen LogP contribution is -2.28. The van der Waals surface area contributed by atoms with E-state index in [9.17, 15) is 4.79 Å². The topological polar surface area (TPSA) is 43.1 Å². The molecule has 2 heterocycles. The van der Waals surface area contributed by atoms with Crippen molar-refractivity contribution in [1.82, 2.24) is 19.2 Å². The largest absolute Gasteiger partial charge is 0.347 e. The molecule has 0 radical (unpaired) electrons. The van der Waals surface area contributed by atoms with Gasteiger partial charge in [-0.3, -0.25) is 4.79 Å². The second-order valence-corrected chi connectivity index (χ2v) is 6.06. The van der Waals surface area contributed by atoms with E-state index in [4.69, 9.17) is 0 Å². The van der Waals surface area contributed by atoms with Crippen LogP contribution < -0.4 is 0 Å². The van der Waals surface area contributed by atoms with Gasteiger partial charge in [-0.1, -0.05) is 18.2 Å². The Morgan fingerprint density at radius 1 is 1.12 bits per heavy atom. The van der Waals surface area contributed by atoms with Crippen LogP contribution in [0.15, 0.2) is 48.7 Å². The molecule has 0 atom stereocenters. The molecule has 3 rings (SSSR count). The van der Waals surface area contributed by atoms with Crippen LogP contribution in [-0.2, 0) is 13.6 Å². The standard InChI is InChI=1S/C19H22N4O/c1-14-17(13-22(4)19(24)18-11-8-12-21(18)3)15(2)23(20-14)16-9-6-5-7-10-16/h5-12H,13H2,1-4H3. The van der Waals surface area contributed by atoms with E-state index in [1.165, 1.54) is 0 Å². The molecule has 0 N–H and O–H groups in total. The van der Waals surface area contributed by atoms with E-state index in [0.717, 1.165) is 22.6 Å². The second kappa shape index (κ2) is 6.35. The summed E-state index contributed by atoms with van der Waals surface area (Å²) in [7, 11) is 3.71. The van der Waals surface area contributed by atoms with Crippen molar-refractivity contribution < 1.29 is 4.79 Å². The number of aromatic nitrogens is 3. The predicted molar refractivity (Wildman–Crippen MR) is 94.2 cm³/mol. The third kappa shape index (κ3) is 2.85. The number of amides is 1. The van der Waals surface area contributed by atoms with Crippen molar-refractivity contribution in [2.24, 2.45) is 7.05 Å². The molecule has 5 heteroatoms. The fraction of sp³-hybridized carbons (Fsp3) is 0.263. The summed E-state index contributed by atoms with van der Waals surface area (Å²) in [6.07, 6.45) is 1.88. The van der Waals surface area contributed by atoms with Gasteiger partial charge in [0.25, 0.3) is 5.91 Å². The molecule has 0 aliphatic rings. The minimum atomic E-state index is 0.00811. The van der Waals surface area contributed by atoms with Gasteiger partial charge in [0.15, 0.2) is 0 Å². The number of rotatable bonds is 4. The van der Waals surface area contributed by atoms with Gasteiger partial charge < -0.3 is 9.47 Å². The highest BCUT2D eigenvalue weighted by molar-refractivity contribution is 5.92. The Balaban J connectivity index is 1.87. The summed E-state index contributed by atoms with van der Waals surface area (Å²) < 4.78 is 3.78. The van der Waals surface area contributed by atoms with E-state index in [1.54, 1.807) is 4.90 Å². The van der Waals surface area contributed by atoms with Crippen LogP contribution in [0.1, 0.15) is 27.4 Å². The van der Waals surface area contributed by atoms with Crippen LogP contribution in [0.4, 0.5) is 0 Å². The van der Waals surface area contributed by atoms with Crippen molar-refractivity contribution in [1.29, 1.82) is 0 Å². The third-order valence-electron chi connectivity index (χ3n) is 4.35. The van der Waals surface area contributed by atoms with E-state index in [-0.39, 0.29) is 5.91 Å². The Labute approximate surface area is 142 Å². The highest BCUT2D eigenvalue weighted by Crippen LogP contribution is 2.20. The summed E-state index contributed by atoms with van der Waals surface area (Å²) in [5.74, 6) is 0.00811. The summed E-state index contributed by atoms with van der Waals surface area (Å²) in [5, 5.41) is 4.65. The van der Waals surface area contributed by atoms with E-state index >= 15 is 0 Å². The van der Waals surface area contributed by atoms with Crippen LogP contribution in [0.2, 0.25) is 0 Å². The minimum absolute atomic E-state index is 0.00811. The van der Waals surface area contributed by atoms with Crippen LogP contribution in [0, 0.1) is 13.8 Å². The van der Waals surface area contributed by atoms with Crippen LogP contribution in [0.3, 0.4) is 0 Å². The molecule has 24 heavy (non-hydrogen) atoms. The van der Waals surface area contributed by atoms with Gasteiger partial charge in [-0.25, -0.2) is 4.68 Å². The van der Waals surface area contributed by atoms with Crippen LogP contribution in [0.25, 0.3) is 5.69 Å². The maximum atomic E-state index is 12.6. The Kier molecular flexibility index (Phi) is 4.25. The monoisotopic (exact) mass is 322 g/mol. The summed E-state index contributed by atoms with van der Waals surface area (Å²) in [6, 6.07) is 13.8. The van der Waals surface area contributed by atoms with E-state index in [1.807, 2.05) is 85.9 Å². The first-order chi connectivity index (χ1) is 11.5. The van der Waals surface area contributed by atoms with Crippen molar-refractivity contribution in [2.75, 3.05) is 7.05 Å². The smallest absolute Gasteiger partial charge is 0.270 e. The number of para-hydroxylation sites is 1. The van der Waals surface area contributed by atoms with Crippen molar-refractivity contribution in [2.45, 2.75) is 20.4 Å². The van der Waals surface area contributed by atoms with E-state index in [0.29, 0.717) is 12.2 Å². The molecule has 0 aliphatic heterocycles. The highest BCUT2D eigenvalue weighted by Gasteiger charge is 2.19. The molecule has 0 saturated heterocycles. The molecule has 0 spiro atoms. The van der Waals surface area contributed by atoms with Crippen LogP contribution in [0.5, 0.6) is 0 Å². The maximum Gasteiger partial charge on any atom is 0.270 e. The molecule has 2 aromatic heterocycles. The van der Waals surface area contributed by atoms with Crippen molar-refractivity contribution in [3.8, 4) is 5.69 Å². The average Bonchev–Trinajstić information content (AvgIpc) is 3.13. The normalized spacial score (nSPS) is 10.8. The summed E-state index contributed by atoms with van der Waals surface area (Å²) in [4.78, 5) is 14.3. The lowest BCUT2D eigenvalue weighted by atomic mass is 10.2. The van der Waals surface area contributed by atoms with Gasteiger partial charge in [0.1, 0.15) is 5.69 Å². The van der Waals surface area contributed by atoms with Gasteiger partial charge in [0.2, 0.25) is 0 Å². The molecule has 0 fully saturated rings. The number of carbonyl (C=O) groups excluding carboxylic acids is 1. The van der Waals surface area contributed by atoms with Crippen molar-refractivity contribution in [3.05, 3.63) is 71.3 Å². The molecule has 0 saturated carbocycles. The molecule has 124 valence electrons. The first-order valence-electron chi connectivity index (χ1n) is 7.96. The first-order valence-corrected chi connectivity index (χ1v) is 7.96. The molecule has 1 aromatic carbocycles. The number of nitrogens with zero attached hydrogens (tertiary/aromatic N) is 4. The molecule has 3 aromatic rings. The zero-order chi connectivity index (χ0) is 17.3. The quantitative estimate of drug-likeness (QED) is 0.741. The van der Waals surface area contributed by atoms with Crippen LogP contribution in [-0.4, -0.2) is 32.2 Å². The lowest BCUT2D eigenvalue weighted by molar-refractivity contribution is 0.0775. The number of carbonyl (C=O) groups is 1. The van der Waals surface area contributed by atoms with Crippen molar-refractivity contribution >= 4 is 5.91 Å². The molecular formula is C19H22N4O. The molecule has 0 aliphatic carbocycles. The Hall–Kier alpha value is -2.82. The SMILES string of the molecule is Cc1nn(-c2ccccc2)c(C)c1CN(C)C(=O)c1cccn1C. The lowest BCUT2D eigenvalue weighted by Gasteiger charge is -2.18. The predicted octanol–water partition coefficient (Wildman–Crippen LogP) is 3.10. The fourth-order valence-electron chi connectivity index (χ4n) is 2.91. The summed E-state index contributed by atoms with van der Waals surface area (Å²) >= 11 is 0. The van der Waals surface area contributed by atoms with Gasteiger partial charge in [0, 0.05) is 38.1 Å². The first kappa shape index (κ1) is 16.1. The van der Waals surface area contributed by atoms with Gasteiger partial charge >= 0.3 is 0 Å². The molecule has 1 amide bonds. The number of aryl methyl sites for hydroxylation is 2. The molecular weight excluding hydrogens is 300 g/mol. The second-order valence-electron chi connectivity index (χ2n) is 6.06.